The number of allylic oxidation sites excluding steroid dienone is 5. The molecule has 1 aromatic rings. The molecule has 0 amide bonds. The summed E-state index contributed by atoms with van der Waals surface area (Å²) in [6.45, 7) is 5.87. The largest absolute Gasteiger partial charge is 0.386 e. The van der Waals surface area contributed by atoms with Crippen LogP contribution in [-0.2, 0) is 4.79 Å². The van der Waals surface area contributed by atoms with Crippen LogP contribution in [0.5, 0.6) is 0 Å². The zero-order valence-corrected chi connectivity index (χ0v) is 22.1. The van der Waals surface area contributed by atoms with Gasteiger partial charge in [0, 0.05) is 22.6 Å². The molecule has 6 heteroatoms. The lowest BCUT2D eigenvalue weighted by molar-refractivity contribution is -0.242. The highest BCUT2D eigenvalue weighted by molar-refractivity contribution is 7.98. The second-order valence-corrected chi connectivity index (χ2v) is 12.4. The Labute approximate surface area is 216 Å². The van der Waals surface area contributed by atoms with E-state index in [1.54, 1.807) is 17.8 Å². The molecule has 5 rings (SSSR count). The van der Waals surface area contributed by atoms with Gasteiger partial charge in [0.15, 0.2) is 5.78 Å². The van der Waals surface area contributed by atoms with Crippen LogP contribution in [-0.4, -0.2) is 34.3 Å². The van der Waals surface area contributed by atoms with Crippen molar-refractivity contribution in [2.75, 3.05) is 6.26 Å². The summed E-state index contributed by atoms with van der Waals surface area (Å²) in [7, 11) is 0. The highest BCUT2D eigenvalue weighted by Crippen LogP contribution is 2.70. The number of hydrogen-bond acceptors (Lipinski definition) is 3. The molecule has 0 bridgehead atoms. The average Bonchev–Trinajstić information content (AvgIpc) is 3.14. The average molecular weight is 517 g/mol. The van der Waals surface area contributed by atoms with Gasteiger partial charge in [-0.3, -0.25) is 4.79 Å². The topological polar surface area (TPSA) is 37.3 Å². The fourth-order valence-electron chi connectivity index (χ4n) is 8.04. The second-order valence-electron chi connectivity index (χ2n) is 11.5. The van der Waals surface area contributed by atoms with Gasteiger partial charge in [-0.25, -0.2) is 4.39 Å². The third-order valence-electron chi connectivity index (χ3n) is 10.1. The van der Waals surface area contributed by atoms with E-state index in [9.17, 15) is 18.7 Å². The number of ketones is 1. The number of fused-ring (bicyclic) bond motifs is 4. The normalized spacial score (nSPS) is 35.9. The van der Waals surface area contributed by atoms with Gasteiger partial charge in [0.05, 0.1) is 0 Å². The van der Waals surface area contributed by atoms with Gasteiger partial charge in [-0.05, 0) is 105 Å². The van der Waals surface area contributed by atoms with Crippen molar-refractivity contribution in [1.82, 2.24) is 0 Å². The molecule has 0 aromatic heterocycles. The SMILES string of the molecule is C=CC(F)(F)C(C)(F)C1(O)CCC2C3CCC4=CC(=O)CCC4=C3C(c3ccc(SC)cc3)CC21C. The highest BCUT2D eigenvalue weighted by atomic mass is 32.2. The Hall–Kier alpha value is -1.79. The van der Waals surface area contributed by atoms with Crippen molar-refractivity contribution in [3.8, 4) is 0 Å². The Morgan fingerprint density at radius 1 is 1.14 bits per heavy atom. The molecule has 0 saturated heterocycles. The molecule has 2 saturated carbocycles. The first kappa shape index (κ1) is 25.8. The number of alkyl halides is 3. The molecule has 1 aromatic carbocycles. The fourth-order valence-corrected chi connectivity index (χ4v) is 8.45. The Morgan fingerprint density at radius 3 is 2.47 bits per heavy atom. The number of aliphatic hydroxyl groups is 1. The van der Waals surface area contributed by atoms with Crippen LogP contribution < -0.4 is 0 Å². The van der Waals surface area contributed by atoms with E-state index in [1.165, 1.54) is 11.1 Å². The van der Waals surface area contributed by atoms with Gasteiger partial charge in [-0.1, -0.05) is 31.2 Å². The summed E-state index contributed by atoms with van der Waals surface area (Å²) in [5.74, 6) is -3.88. The molecule has 194 valence electrons. The molecule has 0 aliphatic heterocycles. The minimum absolute atomic E-state index is 0.0109. The van der Waals surface area contributed by atoms with Crippen molar-refractivity contribution in [1.29, 1.82) is 0 Å². The summed E-state index contributed by atoms with van der Waals surface area (Å²) >= 11 is 1.65. The number of thioether (sulfide) groups is 1. The van der Waals surface area contributed by atoms with Crippen LogP contribution >= 0.6 is 11.8 Å². The van der Waals surface area contributed by atoms with E-state index < -0.39 is 22.6 Å². The van der Waals surface area contributed by atoms with E-state index in [2.05, 4.69) is 30.8 Å². The minimum Gasteiger partial charge on any atom is -0.386 e. The predicted molar refractivity (Wildman–Crippen MR) is 138 cm³/mol. The molecule has 4 aliphatic carbocycles. The predicted octanol–water partition coefficient (Wildman–Crippen LogP) is 7.59. The zero-order valence-electron chi connectivity index (χ0n) is 21.3. The number of benzene rings is 1. The Kier molecular flexibility index (Phi) is 6.19. The molecule has 0 heterocycles. The third kappa shape index (κ3) is 3.46. The second kappa shape index (κ2) is 8.62. The summed E-state index contributed by atoms with van der Waals surface area (Å²) in [6.07, 6.45) is 7.73. The van der Waals surface area contributed by atoms with E-state index in [-0.39, 0.29) is 30.0 Å². The van der Waals surface area contributed by atoms with Crippen molar-refractivity contribution in [3.63, 3.8) is 0 Å². The monoisotopic (exact) mass is 516 g/mol. The summed E-state index contributed by atoms with van der Waals surface area (Å²) in [5, 5.41) is 12.0. The van der Waals surface area contributed by atoms with Gasteiger partial charge in [0.2, 0.25) is 5.67 Å². The molecular weight excluding hydrogens is 481 g/mol. The lowest BCUT2D eigenvalue weighted by Gasteiger charge is -2.57. The number of carbonyl (C=O) groups excluding carboxylic acids is 1. The van der Waals surface area contributed by atoms with E-state index in [4.69, 9.17) is 0 Å². The van der Waals surface area contributed by atoms with Crippen molar-refractivity contribution < 1.29 is 23.1 Å². The van der Waals surface area contributed by atoms with Crippen LogP contribution in [0.1, 0.15) is 70.3 Å². The molecular formula is C30H35F3O2S. The maximum Gasteiger partial charge on any atom is 0.302 e. The maximum absolute atomic E-state index is 16.2. The third-order valence-corrected chi connectivity index (χ3v) is 10.8. The Morgan fingerprint density at radius 2 is 1.83 bits per heavy atom. The summed E-state index contributed by atoms with van der Waals surface area (Å²) in [6, 6.07) is 8.28. The maximum atomic E-state index is 16.2. The lowest BCUT2D eigenvalue weighted by atomic mass is 9.49. The smallest absolute Gasteiger partial charge is 0.302 e. The van der Waals surface area contributed by atoms with Crippen LogP contribution in [0.4, 0.5) is 13.2 Å². The molecule has 4 aliphatic rings. The van der Waals surface area contributed by atoms with Gasteiger partial charge in [0.1, 0.15) is 5.60 Å². The zero-order chi connectivity index (χ0) is 26.1. The highest BCUT2D eigenvalue weighted by Gasteiger charge is 2.74. The summed E-state index contributed by atoms with van der Waals surface area (Å²) in [4.78, 5) is 13.3. The van der Waals surface area contributed by atoms with Crippen molar-refractivity contribution >= 4 is 17.5 Å². The van der Waals surface area contributed by atoms with Crippen LogP contribution in [0.25, 0.3) is 0 Å². The van der Waals surface area contributed by atoms with Gasteiger partial charge in [-0.2, -0.15) is 8.78 Å². The van der Waals surface area contributed by atoms with Crippen molar-refractivity contribution in [2.45, 2.75) is 86.8 Å². The molecule has 6 atom stereocenters. The molecule has 1 N–H and O–H groups in total. The van der Waals surface area contributed by atoms with Gasteiger partial charge < -0.3 is 5.11 Å². The fraction of sp³-hybridized carbons (Fsp3) is 0.567. The Bertz CT molecular complexity index is 1150. The summed E-state index contributed by atoms with van der Waals surface area (Å²) in [5.41, 5.74) is -1.71. The number of halogens is 3. The van der Waals surface area contributed by atoms with Crippen LogP contribution in [0.2, 0.25) is 0 Å². The number of rotatable bonds is 5. The molecule has 36 heavy (non-hydrogen) atoms. The standard InChI is InChI=1S/C30H35F3O2S/c1-5-30(32,33)28(3,31)29(35)15-14-25-23-12-8-19-16-20(34)9-13-22(19)26(23)24(17-27(25,29)2)18-6-10-21(36-4)11-7-18/h5-7,10-11,16,23-25,35H,1,8-9,12-15,17H2,2-4H3. The van der Waals surface area contributed by atoms with Crippen LogP contribution in [0.15, 0.2) is 64.6 Å². The van der Waals surface area contributed by atoms with Crippen molar-refractivity contribution in [2.24, 2.45) is 17.3 Å². The first-order valence-electron chi connectivity index (χ1n) is 12.9. The van der Waals surface area contributed by atoms with Gasteiger partial charge >= 0.3 is 5.92 Å². The van der Waals surface area contributed by atoms with Crippen LogP contribution in [0, 0.1) is 17.3 Å². The molecule has 0 spiro atoms. The lowest BCUT2D eigenvalue weighted by Crippen LogP contribution is -2.66. The van der Waals surface area contributed by atoms with Crippen molar-refractivity contribution in [3.05, 3.63) is 65.3 Å². The number of carbonyl (C=O) groups is 1. The van der Waals surface area contributed by atoms with Gasteiger partial charge in [-0.15, -0.1) is 11.8 Å². The van der Waals surface area contributed by atoms with Gasteiger partial charge in [0.25, 0.3) is 0 Å². The molecule has 2 fully saturated rings. The van der Waals surface area contributed by atoms with E-state index >= 15 is 4.39 Å². The van der Waals surface area contributed by atoms with E-state index in [0.29, 0.717) is 31.8 Å². The number of hydrogen-bond donors (Lipinski definition) is 1. The molecule has 0 radical (unpaired) electrons. The first-order chi connectivity index (χ1) is 16.9. The van der Waals surface area contributed by atoms with E-state index in [0.717, 1.165) is 35.8 Å². The first-order valence-corrected chi connectivity index (χ1v) is 14.2. The van der Waals surface area contributed by atoms with E-state index in [1.807, 2.05) is 13.2 Å². The van der Waals surface area contributed by atoms with Crippen LogP contribution in [0.3, 0.4) is 0 Å². The summed E-state index contributed by atoms with van der Waals surface area (Å²) < 4.78 is 46.1. The minimum atomic E-state index is -3.86. The quantitative estimate of drug-likeness (QED) is 0.324. The Balaban J connectivity index is 1.68. The molecule has 2 nitrogen and oxygen atoms in total. The molecule has 6 unspecified atom stereocenters.